The van der Waals surface area contributed by atoms with Gasteiger partial charge < -0.3 is 14.6 Å². The fourth-order valence-electron chi connectivity index (χ4n) is 3.71. The third-order valence-corrected chi connectivity index (χ3v) is 6.00. The first kappa shape index (κ1) is 18.3. The normalized spacial score (nSPS) is 15.2. The van der Waals surface area contributed by atoms with Gasteiger partial charge in [-0.1, -0.05) is 0 Å². The molecule has 1 aliphatic rings. The summed E-state index contributed by atoms with van der Waals surface area (Å²) in [5, 5.41) is 7.98. The van der Waals surface area contributed by atoms with Gasteiger partial charge in [-0.25, -0.2) is 9.97 Å². The highest BCUT2D eigenvalue weighted by molar-refractivity contribution is 7.05. The van der Waals surface area contributed by atoms with E-state index < -0.39 is 0 Å². The summed E-state index contributed by atoms with van der Waals surface area (Å²) in [5.74, 6) is 1.67. The van der Waals surface area contributed by atoms with Crippen molar-refractivity contribution in [2.75, 3.05) is 18.5 Å². The molecule has 0 aliphatic carbocycles. The van der Waals surface area contributed by atoms with Gasteiger partial charge in [-0.15, -0.1) is 0 Å². The van der Waals surface area contributed by atoms with Gasteiger partial charge in [0.05, 0.1) is 23.1 Å². The quantitative estimate of drug-likeness (QED) is 0.545. The molecule has 1 aliphatic heterocycles. The maximum absolute atomic E-state index is 5.52. The monoisotopic (exact) mass is 409 g/mol. The molecule has 4 aromatic heterocycles. The van der Waals surface area contributed by atoms with Crippen LogP contribution in [0.3, 0.4) is 0 Å². The van der Waals surface area contributed by atoms with Crippen molar-refractivity contribution in [3.63, 3.8) is 0 Å². The van der Waals surface area contributed by atoms with Gasteiger partial charge in [0, 0.05) is 50.0 Å². The average molecular weight is 410 g/mol. The summed E-state index contributed by atoms with van der Waals surface area (Å²) in [4.78, 5) is 10.9. The summed E-state index contributed by atoms with van der Waals surface area (Å²) < 4.78 is 13.8. The van der Waals surface area contributed by atoms with E-state index in [1.165, 1.54) is 16.4 Å². The second kappa shape index (κ2) is 7.57. The summed E-state index contributed by atoms with van der Waals surface area (Å²) in [6, 6.07) is 4.49. The van der Waals surface area contributed by atoms with Crippen LogP contribution in [0.2, 0.25) is 0 Å². The lowest BCUT2D eigenvalue weighted by molar-refractivity contribution is 0.0904. The summed E-state index contributed by atoms with van der Waals surface area (Å²) in [7, 11) is 1.92. The number of ether oxygens (including phenoxy) is 1. The van der Waals surface area contributed by atoms with Crippen molar-refractivity contribution in [2.45, 2.75) is 32.2 Å². The van der Waals surface area contributed by atoms with Crippen LogP contribution in [0, 0.1) is 6.92 Å². The SMILES string of the molecule is Cc1cc(Cc2nc(NC3CCOCC3)c3c(ccn3-c3cnn(C)c3)n2)sn1. The maximum atomic E-state index is 5.52. The Labute approximate surface area is 172 Å². The summed E-state index contributed by atoms with van der Waals surface area (Å²) in [5.41, 5.74) is 3.93. The molecule has 0 spiro atoms. The van der Waals surface area contributed by atoms with Gasteiger partial charge >= 0.3 is 0 Å². The number of anilines is 1. The largest absolute Gasteiger partial charge is 0.381 e. The Morgan fingerprint density at radius 1 is 1.28 bits per heavy atom. The van der Waals surface area contributed by atoms with Crippen molar-refractivity contribution in [2.24, 2.45) is 7.05 Å². The van der Waals surface area contributed by atoms with E-state index in [-0.39, 0.29) is 0 Å². The van der Waals surface area contributed by atoms with Crippen molar-refractivity contribution < 1.29 is 4.74 Å². The summed E-state index contributed by atoms with van der Waals surface area (Å²) >= 11 is 1.51. The Bertz CT molecular complexity index is 1140. The van der Waals surface area contributed by atoms with E-state index in [2.05, 4.69) is 25.4 Å². The van der Waals surface area contributed by atoms with Crippen LogP contribution in [0.5, 0.6) is 0 Å². The zero-order chi connectivity index (χ0) is 19.8. The van der Waals surface area contributed by atoms with Crippen LogP contribution in [0.25, 0.3) is 16.7 Å². The lowest BCUT2D eigenvalue weighted by Crippen LogP contribution is -2.28. The number of aryl methyl sites for hydroxylation is 2. The standard InChI is InChI=1S/C20H23N7OS/c1-13-9-16(29-25-13)10-18-23-17-3-6-27(15-11-21-26(2)12-15)19(17)20(24-18)22-14-4-7-28-8-5-14/h3,6,9,11-12,14H,4-5,7-8,10H2,1-2H3,(H,22,23,24). The molecule has 0 atom stereocenters. The fourth-order valence-corrected chi connectivity index (χ4v) is 4.44. The Balaban J connectivity index is 1.58. The van der Waals surface area contributed by atoms with E-state index in [0.717, 1.165) is 60.1 Å². The lowest BCUT2D eigenvalue weighted by atomic mass is 10.1. The van der Waals surface area contributed by atoms with E-state index in [0.29, 0.717) is 12.5 Å². The van der Waals surface area contributed by atoms with Gasteiger partial charge in [-0.05, 0) is 43.4 Å². The first-order valence-electron chi connectivity index (χ1n) is 9.79. The smallest absolute Gasteiger partial charge is 0.154 e. The van der Waals surface area contributed by atoms with Gasteiger partial charge in [0.2, 0.25) is 0 Å². The minimum atomic E-state index is 0.345. The number of aromatic nitrogens is 6. The molecular weight excluding hydrogens is 386 g/mol. The van der Waals surface area contributed by atoms with Crippen molar-refractivity contribution in [3.8, 4) is 5.69 Å². The second-order valence-electron chi connectivity index (χ2n) is 7.42. The minimum Gasteiger partial charge on any atom is -0.381 e. The van der Waals surface area contributed by atoms with Gasteiger partial charge in [0.15, 0.2) is 5.82 Å². The van der Waals surface area contributed by atoms with Crippen LogP contribution in [-0.4, -0.2) is 47.9 Å². The molecule has 29 heavy (non-hydrogen) atoms. The van der Waals surface area contributed by atoms with Gasteiger partial charge in [0.25, 0.3) is 0 Å². The Morgan fingerprint density at radius 2 is 2.14 bits per heavy atom. The number of fused-ring (bicyclic) bond motifs is 1. The molecule has 150 valence electrons. The predicted octanol–water partition coefficient (Wildman–Crippen LogP) is 3.10. The van der Waals surface area contributed by atoms with Crippen LogP contribution < -0.4 is 5.32 Å². The highest BCUT2D eigenvalue weighted by atomic mass is 32.1. The Kier molecular flexibility index (Phi) is 4.76. The molecule has 0 aromatic carbocycles. The molecule has 5 heterocycles. The van der Waals surface area contributed by atoms with Crippen molar-refractivity contribution in [1.82, 2.24) is 28.7 Å². The Morgan fingerprint density at radius 3 is 2.86 bits per heavy atom. The second-order valence-corrected chi connectivity index (χ2v) is 8.31. The molecule has 1 saturated heterocycles. The number of hydrogen-bond donors (Lipinski definition) is 1. The topological polar surface area (TPSA) is 82.7 Å². The third kappa shape index (κ3) is 3.75. The highest BCUT2D eigenvalue weighted by Crippen LogP contribution is 2.28. The molecule has 1 fully saturated rings. The molecule has 0 unspecified atom stereocenters. The van der Waals surface area contributed by atoms with Crippen LogP contribution in [0.4, 0.5) is 5.82 Å². The minimum absolute atomic E-state index is 0.345. The molecule has 0 radical (unpaired) electrons. The van der Waals surface area contributed by atoms with Gasteiger partial charge in [-0.3, -0.25) is 4.68 Å². The first-order valence-corrected chi connectivity index (χ1v) is 10.6. The molecule has 0 saturated carbocycles. The van der Waals surface area contributed by atoms with Crippen LogP contribution >= 0.6 is 11.5 Å². The summed E-state index contributed by atoms with van der Waals surface area (Å²) in [6.45, 7) is 3.57. The number of nitrogens with one attached hydrogen (secondary N) is 1. The number of nitrogens with zero attached hydrogens (tertiary/aromatic N) is 6. The molecule has 0 amide bonds. The fraction of sp³-hybridized carbons (Fsp3) is 0.400. The van der Waals surface area contributed by atoms with E-state index in [1.807, 2.05) is 38.6 Å². The van der Waals surface area contributed by atoms with Gasteiger partial charge in [-0.2, -0.15) is 9.47 Å². The van der Waals surface area contributed by atoms with Crippen LogP contribution in [0.1, 0.15) is 29.2 Å². The lowest BCUT2D eigenvalue weighted by Gasteiger charge is -2.24. The van der Waals surface area contributed by atoms with Crippen molar-refractivity contribution in [3.05, 3.63) is 47.1 Å². The molecule has 4 aromatic rings. The first-order chi connectivity index (χ1) is 14.2. The third-order valence-electron chi connectivity index (χ3n) is 5.12. The number of rotatable bonds is 5. The van der Waals surface area contributed by atoms with E-state index in [4.69, 9.17) is 14.7 Å². The van der Waals surface area contributed by atoms with Crippen LogP contribution in [0.15, 0.2) is 30.7 Å². The van der Waals surface area contributed by atoms with E-state index in [9.17, 15) is 0 Å². The molecule has 9 heteroatoms. The van der Waals surface area contributed by atoms with E-state index >= 15 is 0 Å². The molecule has 5 rings (SSSR count). The Hall–Kier alpha value is -2.78. The molecule has 0 bridgehead atoms. The van der Waals surface area contributed by atoms with Crippen molar-refractivity contribution in [1.29, 1.82) is 0 Å². The average Bonchev–Trinajstić information content (AvgIpc) is 3.43. The predicted molar refractivity (Wildman–Crippen MR) is 113 cm³/mol. The molecule has 1 N–H and O–H groups in total. The molecular formula is C20H23N7OS. The number of hydrogen-bond acceptors (Lipinski definition) is 7. The van der Waals surface area contributed by atoms with Crippen molar-refractivity contribution >= 4 is 28.4 Å². The van der Waals surface area contributed by atoms with Gasteiger partial charge in [0.1, 0.15) is 11.3 Å². The zero-order valence-corrected chi connectivity index (χ0v) is 17.3. The zero-order valence-electron chi connectivity index (χ0n) is 16.5. The maximum Gasteiger partial charge on any atom is 0.154 e. The van der Waals surface area contributed by atoms with E-state index in [1.54, 1.807) is 4.68 Å². The highest BCUT2D eigenvalue weighted by Gasteiger charge is 2.19. The molecule has 8 nitrogen and oxygen atoms in total. The summed E-state index contributed by atoms with van der Waals surface area (Å²) in [6.07, 6.45) is 8.51. The van der Waals surface area contributed by atoms with Crippen LogP contribution in [-0.2, 0) is 18.2 Å².